The van der Waals surface area contributed by atoms with E-state index in [1.54, 1.807) is 12.1 Å². The monoisotopic (exact) mass is 196 g/mol. The lowest BCUT2D eigenvalue weighted by Crippen LogP contribution is -2.32. The molecule has 2 N–H and O–H groups in total. The molecule has 76 valence electrons. The summed E-state index contributed by atoms with van der Waals surface area (Å²) < 4.78 is 11.9. The van der Waals surface area contributed by atoms with Crippen molar-refractivity contribution in [1.82, 2.24) is 0 Å². The molecule has 2 nitrogen and oxygen atoms in total. The van der Waals surface area contributed by atoms with E-state index in [1.165, 1.54) is 0 Å². The fourth-order valence-electron chi connectivity index (χ4n) is 1.42. The van der Waals surface area contributed by atoms with Crippen LogP contribution in [-0.2, 0) is 6.42 Å². The van der Waals surface area contributed by atoms with Crippen LogP contribution in [-0.4, -0.2) is 23.8 Å². The van der Waals surface area contributed by atoms with Crippen molar-refractivity contribution in [3.63, 3.8) is 0 Å². The van der Waals surface area contributed by atoms with Crippen molar-refractivity contribution in [1.29, 1.82) is 0 Å². The van der Waals surface area contributed by atoms with Crippen LogP contribution < -0.4 is 5.46 Å². The highest BCUT2D eigenvalue weighted by molar-refractivity contribution is 6.59. The average Bonchev–Trinajstić information content (AvgIpc) is 2.19. The fourth-order valence-corrected chi connectivity index (χ4v) is 1.42. The van der Waals surface area contributed by atoms with Crippen molar-refractivity contribution in [2.45, 2.75) is 19.3 Å². The van der Waals surface area contributed by atoms with Gasteiger partial charge in [-0.2, -0.15) is 0 Å². The minimum Gasteiger partial charge on any atom is -0.423 e. The molecule has 0 aliphatic heterocycles. The smallest absolute Gasteiger partial charge is 0.423 e. The van der Waals surface area contributed by atoms with Crippen molar-refractivity contribution >= 4 is 12.6 Å². The van der Waals surface area contributed by atoms with Gasteiger partial charge < -0.3 is 10.0 Å². The number of halogens is 1. The Hall–Kier alpha value is -0.865. The molecule has 0 atom stereocenters. The summed E-state index contributed by atoms with van der Waals surface area (Å²) in [6.07, 6.45) is 1.95. The van der Waals surface area contributed by atoms with Gasteiger partial charge in [-0.25, -0.2) is 0 Å². The van der Waals surface area contributed by atoms with Crippen LogP contribution in [0, 0.1) is 0 Å². The second kappa shape index (κ2) is 5.78. The van der Waals surface area contributed by atoms with Crippen LogP contribution >= 0.6 is 0 Å². The Balaban J connectivity index is 2.64. The summed E-state index contributed by atoms with van der Waals surface area (Å²) >= 11 is 0. The molecule has 1 aromatic rings. The molecule has 1 rings (SSSR count). The maximum Gasteiger partial charge on any atom is 0.488 e. The zero-order valence-corrected chi connectivity index (χ0v) is 7.99. The highest BCUT2D eigenvalue weighted by Gasteiger charge is 2.14. The lowest BCUT2D eigenvalue weighted by atomic mass is 9.76. The second-order valence-electron chi connectivity index (χ2n) is 3.22. The average molecular weight is 196 g/mol. The zero-order chi connectivity index (χ0) is 10.4. The first-order valence-electron chi connectivity index (χ1n) is 4.75. The number of alkyl halides is 1. The first-order chi connectivity index (χ1) is 6.75. The van der Waals surface area contributed by atoms with E-state index < -0.39 is 7.12 Å². The lowest BCUT2D eigenvalue weighted by Gasteiger charge is -2.07. The Morgan fingerprint density at radius 1 is 1.14 bits per heavy atom. The van der Waals surface area contributed by atoms with E-state index in [9.17, 15) is 4.39 Å². The van der Waals surface area contributed by atoms with E-state index in [1.807, 2.05) is 12.1 Å². The third kappa shape index (κ3) is 3.12. The molecule has 14 heavy (non-hydrogen) atoms. The zero-order valence-electron chi connectivity index (χ0n) is 7.99. The Morgan fingerprint density at radius 2 is 1.86 bits per heavy atom. The molecular formula is C10H14BFO2. The van der Waals surface area contributed by atoms with Crippen molar-refractivity contribution in [3.05, 3.63) is 29.8 Å². The molecule has 0 bridgehead atoms. The van der Waals surface area contributed by atoms with E-state index in [0.717, 1.165) is 12.0 Å². The van der Waals surface area contributed by atoms with Gasteiger partial charge in [0.2, 0.25) is 0 Å². The van der Waals surface area contributed by atoms with E-state index in [-0.39, 0.29) is 6.67 Å². The molecule has 0 aromatic heterocycles. The highest BCUT2D eigenvalue weighted by Crippen LogP contribution is 2.03. The maximum atomic E-state index is 11.9. The topological polar surface area (TPSA) is 40.5 Å². The minimum absolute atomic E-state index is 0.316. The molecule has 0 amide bonds. The van der Waals surface area contributed by atoms with Gasteiger partial charge in [0.15, 0.2) is 0 Å². The molecule has 0 heterocycles. The lowest BCUT2D eigenvalue weighted by molar-refractivity contribution is 0.425. The van der Waals surface area contributed by atoms with Gasteiger partial charge in [0.05, 0.1) is 6.67 Å². The van der Waals surface area contributed by atoms with E-state index in [4.69, 9.17) is 10.0 Å². The third-order valence-electron chi connectivity index (χ3n) is 2.16. The van der Waals surface area contributed by atoms with Gasteiger partial charge in [0, 0.05) is 0 Å². The largest absolute Gasteiger partial charge is 0.488 e. The third-order valence-corrected chi connectivity index (χ3v) is 2.16. The predicted molar refractivity (Wildman–Crippen MR) is 55.2 cm³/mol. The Kier molecular flexibility index (Phi) is 4.63. The molecular weight excluding hydrogens is 182 g/mol. The van der Waals surface area contributed by atoms with Crippen LogP contribution in [0.3, 0.4) is 0 Å². The van der Waals surface area contributed by atoms with Crippen molar-refractivity contribution in [2.75, 3.05) is 6.67 Å². The predicted octanol–water partition coefficient (Wildman–Crippen LogP) is 0.659. The summed E-state index contributed by atoms with van der Waals surface area (Å²) in [5, 5.41) is 18.1. The fraction of sp³-hybridized carbons (Fsp3) is 0.400. The summed E-state index contributed by atoms with van der Waals surface area (Å²) in [6.45, 7) is -0.316. The number of aryl methyl sites for hydroxylation is 1. The van der Waals surface area contributed by atoms with Crippen molar-refractivity contribution in [3.8, 4) is 0 Å². The summed E-state index contributed by atoms with van der Waals surface area (Å²) in [4.78, 5) is 0. The maximum absolute atomic E-state index is 11.9. The van der Waals surface area contributed by atoms with Crippen LogP contribution in [0.2, 0.25) is 0 Å². The molecule has 0 aliphatic rings. The standard InChI is InChI=1S/C10H14BFO2/c12-8-4-3-6-9-5-1-2-7-10(9)11(13)14/h1-2,5,7,13-14H,3-4,6,8H2. The van der Waals surface area contributed by atoms with Crippen LogP contribution in [0.15, 0.2) is 24.3 Å². The SMILES string of the molecule is OB(O)c1ccccc1CCCCF. The number of rotatable bonds is 5. The van der Waals surface area contributed by atoms with Gasteiger partial charge in [-0.1, -0.05) is 24.3 Å². The quantitative estimate of drug-likeness (QED) is 0.536. The molecule has 0 saturated heterocycles. The molecule has 0 saturated carbocycles. The molecule has 0 radical (unpaired) electrons. The molecule has 0 aliphatic carbocycles. The number of benzene rings is 1. The Labute approximate surface area is 83.5 Å². The summed E-state index contributed by atoms with van der Waals surface area (Å²) in [5.41, 5.74) is 1.40. The highest BCUT2D eigenvalue weighted by atomic mass is 19.1. The first kappa shape index (κ1) is 11.2. The van der Waals surface area contributed by atoms with Gasteiger partial charge >= 0.3 is 7.12 Å². The van der Waals surface area contributed by atoms with Crippen molar-refractivity contribution < 1.29 is 14.4 Å². The van der Waals surface area contributed by atoms with E-state index in [0.29, 0.717) is 18.3 Å². The second-order valence-corrected chi connectivity index (χ2v) is 3.22. The van der Waals surface area contributed by atoms with Crippen molar-refractivity contribution in [2.24, 2.45) is 0 Å². The molecule has 0 fully saturated rings. The van der Waals surface area contributed by atoms with Crippen LogP contribution in [0.1, 0.15) is 18.4 Å². The summed E-state index contributed by atoms with van der Waals surface area (Å²) in [6, 6.07) is 7.12. The van der Waals surface area contributed by atoms with Crippen LogP contribution in [0.25, 0.3) is 0 Å². The Bertz CT molecular complexity index is 279. The molecule has 0 unspecified atom stereocenters. The number of hydrogen-bond acceptors (Lipinski definition) is 2. The summed E-state index contributed by atoms with van der Waals surface area (Å²) in [7, 11) is -1.43. The van der Waals surface area contributed by atoms with Crippen LogP contribution in [0.4, 0.5) is 4.39 Å². The Morgan fingerprint density at radius 3 is 2.50 bits per heavy atom. The number of hydrogen-bond donors (Lipinski definition) is 2. The van der Waals surface area contributed by atoms with Gasteiger partial charge in [-0.3, -0.25) is 4.39 Å². The van der Waals surface area contributed by atoms with Gasteiger partial charge in [0.25, 0.3) is 0 Å². The van der Waals surface area contributed by atoms with E-state index in [2.05, 4.69) is 0 Å². The van der Waals surface area contributed by atoms with E-state index >= 15 is 0 Å². The summed E-state index contributed by atoms with van der Waals surface area (Å²) in [5.74, 6) is 0. The van der Waals surface area contributed by atoms with Crippen LogP contribution in [0.5, 0.6) is 0 Å². The molecule has 1 aromatic carbocycles. The van der Waals surface area contributed by atoms with Gasteiger partial charge in [-0.05, 0) is 30.3 Å². The normalized spacial score (nSPS) is 10.2. The minimum atomic E-state index is -1.43. The molecule has 4 heteroatoms. The number of unbranched alkanes of at least 4 members (excludes halogenated alkanes) is 1. The first-order valence-corrected chi connectivity index (χ1v) is 4.75. The van der Waals surface area contributed by atoms with Gasteiger partial charge in [-0.15, -0.1) is 0 Å². The van der Waals surface area contributed by atoms with Gasteiger partial charge in [0.1, 0.15) is 0 Å². The molecule has 0 spiro atoms.